The Bertz CT molecular complexity index is 1030. The number of aryl methyl sites for hydroxylation is 2. The van der Waals surface area contributed by atoms with Gasteiger partial charge in [-0.15, -0.1) is 0 Å². The van der Waals surface area contributed by atoms with E-state index in [4.69, 9.17) is 0 Å². The first-order valence-corrected chi connectivity index (χ1v) is 10.3. The molecule has 3 heterocycles. The number of hydrogen-bond donors (Lipinski definition) is 1. The third kappa shape index (κ3) is 4.21. The fraction of sp³-hybridized carbons (Fsp3) is 0.391. The highest BCUT2D eigenvalue weighted by atomic mass is 19.1. The first-order chi connectivity index (χ1) is 14.4. The Morgan fingerprint density at radius 3 is 2.77 bits per heavy atom. The fourth-order valence-electron chi connectivity index (χ4n) is 3.94. The maximum absolute atomic E-state index is 14.5. The Kier molecular flexibility index (Phi) is 5.81. The van der Waals surface area contributed by atoms with Crippen LogP contribution in [0.1, 0.15) is 24.5 Å². The monoisotopic (exact) mass is 411 g/mol. The molecule has 7 heteroatoms. The van der Waals surface area contributed by atoms with Gasteiger partial charge in [-0.1, -0.05) is 6.92 Å². The van der Waals surface area contributed by atoms with Crippen LogP contribution in [0.3, 0.4) is 0 Å². The Morgan fingerprint density at radius 1 is 1.17 bits per heavy atom. The molecule has 0 spiro atoms. The standard InChI is InChI=1S/C23H27F2N5/c1-4-29-6-5-21(20(25)12-29)28-18-9-17(10-26-11-18)22-13-30(14-27-22)23-8-15(2)19(24)7-16(23)3/h7-11,13-14,20-21,28H,4-6,12H2,1-3H3. The number of nitrogens with one attached hydrogen (secondary N) is 1. The van der Waals surface area contributed by atoms with Gasteiger partial charge < -0.3 is 14.8 Å². The molecule has 2 unspecified atom stereocenters. The second-order valence-corrected chi connectivity index (χ2v) is 7.97. The smallest absolute Gasteiger partial charge is 0.133 e. The third-order valence-electron chi connectivity index (χ3n) is 5.80. The van der Waals surface area contributed by atoms with E-state index in [0.717, 1.165) is 47.7 Å². The summed E-state index contributed by atoms with van der Waals surface area (Å²) in [6.07, 6.45) is 6.92. The van der Waals surface area contributed by atoms with Crippen LogP contribution in [0, 0.1) is 19.7 Å². The molecule has 3 aromatic rings. The van der Waals surface area contributed by atoms with Crippen LogP contribution in [0.25, 0.3) is 16.9 Å². The van der Waals surface area contributed by atoms with Crippen molar-refractivity contribution < 1.29 is 8.78 Å². The molecule has 0 amide bonds. The number of nitrogens with zero attached hydrogens (tertiary/aromatic N) is 4. The number of piperidine rings is 1. The molecule has 1 aromatic carbocycles. The van der Waals surface area contributed by atoms with E-state index in [1.54, 1.807) is 25.6 Å². The number of alkyl halides is 1. The molecular formula is C23H27F2N5. The van der Waals surface area contributed by atoms with Gasteiger partial charge in [0.2, 0.25) is 0 Å². The lowest BCUT2D eigenvalue weighted by atomic mass is 10.0. The molecule has 1 aliphatic heterocycles. The highest BCUT2D eigenvalue weighted by Gasteiger charge is 2.28. The van der Waals surface area contributed by atoms with Gasteiger partial charge in [0.1, 0.15) is 12.0 Å². The number of hydrogen-bond acceptors (Lipinski definition) is 4. The van der Waals surface area contributed by atoms with Gasteiger partial charge in [0.25, 0.3) is 0 Å². The van der Waals surface area contributed by atoms with Gasteiger partial charge in [0.05, 0.1) is 23.8 Å². The van der Waals surface area contributed by atoms with Crippen LogP contribution < -0.4 is 5.32 Å². The number of rotatable bonds is 5. The van der Waals surface area contributed by atoms with Gasteiger partial charge in [-0.2, -0.15) is 0 Å². The summed E-state index contributed by atoms with van der Waals surface area (Å²) in [5, 5.41) is 3.31. The zero-order valence-electron chi connectivity index (χ0n) is 17.6. The molecular weight excluding hydrogens is 384 g/mol. The summed E-state index contributed by atoms with van der Waals surface area (Å²) in [4.78, 5) is 10.9. The molecule has 1 aliphatic rings. The largest absolute Gasteiger partial charge is 0.378 e. The average Bonchev–Trinajstić information content (AvgIpc) is 3.22. The maximum Gasteiger partial charge on any atom is 0.133 e. The van der Waals surface area contributed by atoms with Crippen molar-refractivity contribution in [3.05, 3.63) is 60.1 Å². The SMILES string of the molecule is CCN1CCC(Nc2cncc(-c3cn(-c4cc(C)c(F)cc4C)cn3)c2)C(F)C1. The molecule has 1 N–H and O–H groups in total. The predicted molar refractivity (Wildman–Crippen MR) is 115 cm³/mol. The van der Waals surface area contributed by atoms with Crippen LogP contribution in [-0.4, -0.2) is 51.3 Å². The Balaban J connectivity index is 1.53. The molecule has 5 nitrogen and oxygen atoms in total. The second-order valence-electron chi connectivity index (χ2n) is 7.97. The molecule has 30 heavy (non-hydrogen) atoms. The van der Waals surface area contributed by atoms with E-state index < -0.39 is 6.17 Å². The minimum atomic E-state index is -0.911. The minimum absolute atomic E-state index is 0.212. The third-order valence-corrected chi connectivity index (χ3v) is 5.80. The minimum Gasteiger partial charge on any atom is -0.378 e. The van der Waals surface area contributed by atoms with Gasteiger partial charge in [0, 0.05) is 42.9 Å². The lowest BCUT2D eigenvalue weighted by molar-refractivity contribution is 0.131. The van der Waals surface area contributed by atoms with Crippen molar-refractivity contribution in [1.82, 2.24) is 19.4 Å². The predicted octanol–water partition coefficient (Wildman–Crippen LogP) is 4.53. The normalized spacial score (nSPS) is 19.8. The van der Waals surface area contributed by atoms with E-state index in [1.807, 2.05) is 29.8 Å². The molecule has 1 saturated heterocycles. The second kappa shape index (κ2) is 8.52. The zero-order valence-corrected chi connectivity index (χ0v) is 17.6. The molecule has 1 fully saturated rings. The van der Waals surface area contributed by atoms with Crippen LogP contribution in [0.2, 0.25) is 0 Å². The highest BCUT2D eigenvalue weighted by Crippen LogP contribution is 2.25. The lowest BCUT2D eigenvalue weighted by Crippen LogP contribution is -2.47. The fourth-order valence-corrected chi connectivity index (χ4v) is 3.94. The molecule has 2 aromatic heterocycles. The summed E-state index contributed by atoms with van der Waals surface area (Å²) >= 11 is 0. The number of aromatic nitrogens is 3. The van der Waals surface area contributed by atoms with E-state index in [1.165, 1.54) is 6.07 Å². The molecule has 0 saturated carbocycles. The van der Waals surface area contributed by atoms with Crippen molar-refractivity contribution in [2.75, 3.05) is 25.0 Å². The zero-order chi connectivity index (χ0) is 21.3. The maximum atomic E-state index is 14.5. The number of anilines is 1. The van der Waals surface area contributed by atoms with E-state index in [2.05, 4.69) is 27.1 Å². The number of imidazole rings is 1. The number of halogens is 2. The number of pyridine rings is 1. The van der Waals surface area contributed by atoms with Crippen molar-refractivity contribution in [2.24, 2.45) is 0 Å². The van der Waals surface area contributed by atoms with Crippen LogP contribution in [-0.2, 0) is 0 Å². The Morgan fingerprint density at radius 2 is 2.00 bits per heavy atom. The van der Waals surface area contributed by atoms with Gasteiger partial charge in [-0.3, -0.25) is 4.98 Å². The van der Waals surface area contributed by atoms with E-state index in [9.17, 15) is 8.78 Å². The van der Waals surface area contributed by atoms with Gasteiger partial charge in [-0.25, -0.2) is 13.8 Å². The molecule has 0 aliphatic carbocycles. The van der Waals surface area contributed by atoms with E-state index in [0.29, 0.717) is 12.1 Å². The number of likely N-dealkylation sites (tertiary alicyclic amines) is 1. The summed E-state index contributed by atoms with van der Waals surface area (Å²) in [5.41, 5.74) is 4.70. The first kappa shape index (κ1) is 20.5. The summed E-state index contributed by atoms with van der Waals surface area (Å²) in [5.74, 6) is -0.212. The van der Waals surface area contributed by atoms with Gasteiger partial charge in [-0.05, 0) is 56.1 Å². The summed E-state index contributed by atoms with van der Waals surface area (Å²) in [7, 11) is 0. The summed E-state index contributed by atoms with van der Waals surface area (Å²) in [6.45, 7) is 7.91. The van der Waals surface area contributed by atoms with Gasteiger partial charge >= 0.3 is 0 Å². The molecule has 4 rings (SSSR count). The van der Waals surface area contributed by atoms with E-state index in [-0.39, 0.29) is 11.9 Å². The topological polar surface area (TPSA) is 46.0 Å². The quantitative estimate of drug-likeness (QED) is 0.670. The van der Waals surface area contributed by atoms with Crippen molar-refractivity contribution >= 4 is 5.69 Å². The van der Waals surface area contributed by atoms with Crippen LogP contribution >= 0.6 is 0 Å². The average molecular weight is 412 g/mol. The number of benzene rings is 1. The van der Waals surface area contributed by atoms with Crippen molar-refractivity contribution in [2.45, 2.75) is 39.4 Å². The summed E-state index contributed by atoms with van der Waals surface area (Å²) in [6, 6.07) is 5.08. The van der Waals surface area contributed by atoms with Crippen LogP contribution in [0.15, 0.2) is 43.1 Å². The van der Waals surface area contributed by atoms with Crippen molar-refractivity contribution in [1.29, 1.82) is 0 Å². The van der Waals surface area contributed by atoms with E-state index >= 15 is 0 Å². The first-order valence-electron chi connectivity index (χ1n) is 10.3. The van der Waals surface area contributed by atoms with Gasteiger partial charge in [0.15, 0.2) is 0 Å². The molecule has 0 bridgehead atoms. The Hall–Kier alpha value is -2.80. The molecule has 2 atom stereocenters. The van der Waals surface area contributed by atoms with Crippen molar-refractivity contribution in [3.8, 4) is 16.9 Å². The molecule has 158 valence electrons. The molecule has 0 radical (unpaired) electrons. The Labute approximate surface area is 175 Å². The van der Waals surface area contributed by atoms with Crippen LogP contribution in [0.5, 0.6) is 0 Å². The lowest BCUT2D eigenvalue weighted by Gasteiger charge is -2.34. The summed E-state index contributed by atoms with van der Waals surface area (Å²) < 4.78 is 30.2. The highest BCUT2D eigenvalue weighted by molar-refractivity contribution is 5.63. The van der Waals surface area contributed by atoms with Crippen LogP contribution in [0.4, 0.5) is 14.5 Å². The van der Waals surface area contributed by atoms with Crippen molar-refractivity contribution in [3.63, 3.8) is 0 Å².